The van der Waals surface area contributed by atoms with Gasteiger partial charge in [0, 0.05) is 32.6 Å². The van der Waals surface area contributed by atoms with Gasteiger partial charge in [0.1, 0.15) is 10.6 Å². The summed E-state index contributed by atoms with van der Waals surface area (Å²) >= 11 is 5.97. The van der Waals surface area contributed by atoms with E-state index in [1.165, 1.54) is 12.1 Å². The van der Waals surface area contributed by atoms with Gasteiger partial charge in [-0.2, -0.15) is 0 Å². The van der Waals surface area contributed by atoms with Gasteiger partial charge in [0.2, 0.25) is 15.9 Å². The third-order valence-corrected chi connectivity index (χ3v) is 7.21. The number of carbonyl (C=O) groups is 1. The van der Waals surface area contributed by atoms with Gasteiger partial charge in [-0.1, -0.05) is 35.9 Å². The summed E-state index contributed by atoms with van der Waals surface area (Å²) in [5.74, 6) is 0.531. The van der Waals surface area contributed by atoms with E-state index in [1.807, 2.05) is 24.3 Å². The minimum atomic E-state index is -3.78. The number of benzene rings is 2. The Labute approximate surface area is 193 Å². The molecule has 1 unspecified atom stereocenters. The molecule has 0 aliphatic carbocycles. The van der Waals surface area contributed by atoms with Gasteiger partial charge in [-0.15, -0.1) is 0 Å². The van der Waals surface area contributed by atoms with E-state index in [9.17, 15) is 13.2 Å². The Kier molecular flexibility index (Phi) is 8.89. The van der Waals surface area contributed by atoms with E-state index in [2.05, 4.69) is 14.9 Å². The van der Waals surface area contributed by atoms with E-state index in [0.717, 1.165) is 24.4 Å². The summed E-state index contributed by atoms with van der Waals surface area (Å²) in [7, 11) is -2.16. The van der Waals surface area contributed by atoms with Gasteiger partial charge >= 0.3 is 0 Å². The molecule has 1 atom stereocenters. The van der Waals surface area contributed by atoms with Crippen LogP contribution in [-0.2, 0) is 19.6 Å². The topological polar surface area (TPSA) is 97.0 Å². The largest absolute Gasteiger partial charge is 0.497 e. The van der Waals surface area contributed by atoms with Gasteiger partial charge in [-0.25, -0.2) is 13.1 Å². The average Bonchev–Trinajstić information content (AvgIpc) is 2.80. The molecule has 2 N–H and O–H groups in total. The van der Waals surface area contributed by atoms with Crippen molar-refractivity contribution < 1.29 is 22.7 Å². The summed E-state index contributed by atoms with van der Waals surface area (Å²) in [5, 5.41) is 3.07. The highest BCUT2D eigenvalue weighted by atomic mass is 35.5. The first-order chi connectivity index (χ1) is 15.4. The minimum absolute atomic E-state index is 0.00559. The van der Waals surface area contributed by atoms with Crippen LogP contribution >= 0.6 is 11.6 Å². The fourth-order valence-corrected chi connectivity index (χ4v) is 5.06. The average molecular weight is 482 g/mol. The standard InChI is InChI=1S/C22H28ClN3O5S/c1-30-18-8-6-17(7-9-18)20(26-12-14-31-15-13-26)16-24-22(27)10-11-25-32(28,29)21-5-3-2-4-19(21)23/h2-9,20,25H,10-16H2,1H3,(H,24,27). The van der Waals surface area contributed by atoms with Crippen LogP contribution in [0.3, 0.4) is 0 Å². The molecule has 1 amide bonds. The lowest BCUT2D eigenvalue weighted by Gasteiger charge is -2.35. The Balaban J connectivity index is 1.55. The van der Waals surface area contributed by atoms with E-state index >= 15 is 0 Å². The second-order valence-corrected chi connectivity index (χ2v) is 9.46. The van der Waals surface area contributed by atoms with E-state index in [0.29, 0.717) is 19.8 Å². The highest BCUT2D eigenvalue weighted by Crippen LogP contribution is 2.24. The number of ether oxygens (including phenoxy) is 2. The predicted molar refractivity (Wildman–Crippen MR) is 122 cm³/mol. The lowest BCUT2D eigenvalue weighted by atomic mass is 10.0. The summed E-state index contributed by atoms with van der Waals surface area (Å²) in [5.41, 5.74) is 1.06. The number of nitrogens with zero attached hydrogens (tertiary/aromatic N) is 1. The number of hydrogen-bond acceptors (Lipinski definition) is 6. The molecule has 0 spiro atoms. The van der Waals surface area contributed by atoms with Gasteiger partial charge in [0.05, 0.1) is 31.4 Å². The van der Waals surface area contributed by atoms with Crippen molar-refractivity contribution in [1.29, 1.82) is 0 Å². The molecule has 174 valence electrons. The van der Waals surface area contributed by atoms with Crippen molar-refractivity contribution in [2.75, 3.05) is 46.5 Å². The van der Waals surface area contributed by atoms with Crippen LogP contribution in [0.1, 0.15) is 18.0 Å². The molecule has 0 bridgehead atoms. The van der Waals surface area contributed by atoms with E-state index in [1.54, 1.807) is 19.2 Å². The Morgan fingerprint density at radius 3 is 2.50 bits per heavy atom. The first-order valence-electron chi connectivity index (χ1n) is 10.4. The van der Waals surface area contributed by atoms with Crippen LogP contribution < -0.4 is 14.8 Å². The fourth-order valence-electron chi connectivity index (χ4n) is 3.51. The summed E-state index contributed by atoms with van der Waals surface area (Å²) in [4.78, 5) is 14.7. The number of amides is 1. The highest BCUT2D eigenvalue weighted by molar-refractivity contribution is 7.89. The van der Waals surface area contributed by atoms with Crippen LogP contribution in [-0.4, -0.2) is 65.7 Å². The molecule has 1 heterocycles. The lowest BCUT2D eigenvalue weighted by Crippen LogP contribution is -2.44. The van der Waals surface area contributed by atoms with Gasteiger partial charge in [-0.3, -0.25) is 9.69 Å². The number of sulfonamides is 1. The quantitative estimate of drug-likeness (QED) is 0.540. The third kappa shape index (κ3) is 6.66. The first kappa shape index (κ1) is 24.5. The van der Waals surface area contributed by atoms with Gasteiger partial charge in [-0.05, 0) is 29.8 Å². The molecule has 2 aromatic rings. The summed E-state index contributed by atoms with van der Waals surface area (Å²) in [6.45, 7) is 3.20. The Bertz CT molecular complexity index is 995. The first-order valence-corrected chi connectivity index (χ1v) is 12.2. The number of hydrogen-bond donors (Lipinski definition) is 2. The molecular weight excluding hydrogens is 454 g/mol. The van der Waals surface area contributed by atoms with Crippen LogP contribution in [0.5, 0.6) is 5.75 Å². The van der Waals surface area contributed by atoms with Crippen molar-refractivity contribution in [3.63, 3.8) is 0 Å². The van der Waals surface area contributed by atoms with E-state index in [-0.39, 0.29) is 34.8 Å². The summed E-state index contributed by atoms with van der Waals surface area (Å²) < 4.78 is 37.9. The SMILES string of the molecule is COc1ccc(C(CNC(=O)CCNS(=O)(=O)c2ccccc2Cl)N2CCOCC2)cc1. The molecule has 1 aliphatic rings. The zero-order valence-corrected chi connectivity index (χ0v) is 19.5. The number of carbonyl (C=O) groups excluding carboxylic acids is 1. The summed E-state index contributed by atoms with van der Waals surface area (Å²) in [6, 6.07) is 13.9. The number of rotatable bonds is 10. The van der Waals surface area contributed by atoms with Crippen molar-refractivity contribution in [3.05, 3.63) is 59.1 Å². The Morgan fingerprint density at radius 2 is 1.84 bits per heavy atom. The highest BCUT2D eigenvalue weighted by Gasteiger charge is 2.23. The number of halogens is 1. The van der Waals surface area contributed by atoms with Crippen molar-refractivity contribution in [3.8, 4) is 5.75 Å². The molecule has 0 saturated carbocycles. The maximum absolute atomic E-state index is 12.4. The Hall–Kier alpha value is -2.17. The van der Waals surface area contributed by atoms with Crippen LogP contribution in [0.2, 0.25) is 5.02 Å². The smallest absolute Gasteiger partial charge is 0.242 e. The maximum atomic E-state index is 12.4. The van der Waals surface area contributed by atoms with Crippen molar-refractivity contribution in [1.82, 2.24) is 14.9 Å². The second kappa shape index (κ2) is 11.6. The third-order valence-electron chi connectivity index (χ3n) is 5.25. The normalized spacial score (nSPS) is 15.8. The van der Waals surface area contributed by atoms with Crippen molar-refractivity contribution in [2.24, 2.45) is 0 Å². The Morgan fingerprint density at radius 1 is 1.16 bits per heavy atom. The number of methoxy groups -OCH3 is 1. The zero-order chi connectivity index (χ0) is 23.0. The lowest BCUT2D eigenvalue weighted by molar-refractivity contribution is -0.121. The second-order valence-electron chi connectivity index (χ2n) is 7.32. The van der Waals surface area contributed by atoms with Crippen LogP contribution in [0.25, 0.3) is 0 Å². The number of morpholine rings is 1. The zero-order valence-electron chi connectivity index (χ0n) is 17.9. The molecule has 8 nitrogen and oxygen atoms in total. The van der Waals surface area contributed by atoms with Crippen LogP contribution in [0.15, 0.2) is 53.4 Å². The molecule has 1 saturated heterocycles. The maximum Gasteiger partial charge on any atom is 0.242 e. The molecule has 1 aliphatic heterocycles. The van der Waals surface area contributed by atoms with E-state index < -0.39 is 10.0 Å². The van der Waals surface area contributed by atoms with Crippen LogP contribution in [0, 0.1) is 0 Å². The monoisotopic (exact) mass is 481 g/mol. The molecule has 2 aromatic carbocycles. The van der Waals surface area contributed by atoms with Gasteiger partial charge in [0.25, 0.3) is 0 Å². The number of nitrogens with one attached hydrogen (secondary N) is 2. The van der Waals surface area contributed by atoms with Gasteiger partial charge in [0.15, 0.2) is 0 Å². The van der Waals surface area contributed by atoms with Crippen molar-refractivity contribution in [2.45, 2.75) is 17.4 Å². The molecular formula is C22H28ClN3O5S. The molecule has 0 aromatic heterocycles. The molecule has 3 rings (SSSR count). The summed E-state index contributed by atoms with van der Waals surface area (Å²) in [6.07, 6.45) is 0.0160. The minimum Gasteiger partial charge on any atom is -0.497 e. The van der Waals surface area contributed by atoms with Crippen molar-refractivity contribution >= 4 is 27.5 Å². The van der Waals surface area contributed by atoms with E-state index in [4.69, 9.17) is 21.1 Å². The fraction of sp³-hybridized carbons (Fsp3) is 0.409. The van der Waals surface area contributed by atoms with Gasteiger partial charge < -0.3 is 14.8 Å². The molecule has 32 heavy (non-hydrogen) atoms. The molecule has 10 heteroatoms. The van der Waals surface area contributed by atoms with Crippen LogP contribution in [0.4, 0.5) is 0 Å². The predicted octanol–water partition coefficient (Wildman–Crippen LogP) is 2.21. The molecule has 1 fully saturated rings. The molecule has 0 radical (unpaired) electrons.